The number of carbonyl (C=O) groups excluding carboxylic acids is 1. The van der Waals surface area contributed by atoms with Crippen LogP contribution in [-0.2, 0) is 14.8 Å². The van der Waals surface area contributed by atoms with Gasteiger partial charge in [-0.3, -0.25) is 4.79 Å². The van der Waals surface area contributed by atoms with Gasteiger partial charge < -0.3 is 5.32 Å². The van der Waals surface area contributed by atoms with Crippen LogP contribution in [-0.4, -0.2) is 31.2 Å². The van der Waals surface area contributed by atoms with Crippen LogP contribution < -0.4 is 5.32 Å². The number of amides is 1. The van der Waals surface area contributed by atoms with E-state index < -0.39 is 16.1 Å². The lowest BCUT2D eigenvalue weighted by Crippen LogP contribution is -2.46. The van der Waals surface area contributed by atoms with Crippen molar-refractivity contribution >= 4 is 27.5 Å². The molecule has 1 aliphatic heterocycles. The maximum absolute atomic E-state index is 13.0. The second-order valence-electron chi connectivity index (χ2n) is 7.30. The summed E-state index contributed by atoms with van der Waals surface area (Å²) in [6.45, 7) is 6.32. The van der Waals surface area contributed by atoms with E-state index in [0.717, 1.165) is 11.1 Å². The molecule has 0 bridgehead atoms. The number of sulfonamides is 1. The number of benzene rings is 2. The van der Waals surface area contributed by atoms with Gasteiger partial charge in [-0.2, -0.15) is 4.31 Å². The molecule has 2 atom stereocenters. The highest BCUT2D eigenvalue weighted by Crippen LogP contribution is 2.28. The summed E-state index contributed by atoms with van der Waals surface area (Å²) in [6.07, 6.45) is 1.17. The van der Waals surface area contributed by atoms with Gasteiger partial charge in [0.1, 0.15) is 6.04 Å². The maximum Gasteiger partial charge on any atom is 0.243 e. The zero-order valence-electron chi connectivity index (χ0n) is 16.3. The van der Waals surface area contributed by atoms with Crippen LogP contribution in [0.3, 0.4) is 0 Å². The number of hydrogen-bond donors (Lipinski definition) is 1. The van der Waals surface area contributed by atoms with Crippen LogP contribution in [0.2, 0.25) is 5.02 Å². The Balaban J connectivity index is 1.77. The molecule has 1 heterocycles. The van der Waals surface area contributed by atoms with E-state index in [0.29, 0.717) is 24.4 Å². The molecule has 3 rings (SSSR count). The second kappa shape index (κ2) is 8.23. The lowest BCUT2D eigenvalue weighted by atomic mass is 10.0. The van der Waals surface area contributed by atoms with Gasteiger partial charge in [-0.05, 0) is 74.6 Å². The number of halogens is 1. The molecule has 0 spiro atoms. The molecule has 5 nitrogen and oxygen atoms in total. The molecule has 0 unspecified atom stereocenters. The summed E-state index contributed by atoms with van der Waals surface area (Å²) >= 11 is 5.86. The minimum atomic E-state index is -3.75. The standard InChI is InChI=1S/C21H25ClN2O3S/c1-14-6-7-17(13-15(14)2)16(3)23-21(25)20-5-4-12-24(20)28(26,27)19-10-8-18(22)9-11-19/h6-11,13,16,20H,4-5,12H2,1-3H3,(H,23,25)/t16-,20-/m0/s1. The fourth-order valence-electron chi connectivity index (χ4n) is 3.46. The molecule has 1 saturated heterocycles. The Labute approximate surface area is 171 Å². The highest BCUT2D eigenvalue weighted by atomic mass is 35.5. The molecule has 2 aromatic carbocycles. The van der Waals surface area contributed by atoms with Crippen molar-refractivity contribution in [1.29, 1.82) is 0 Å². The SMILES string of the molecule is Cc1ccc([C@H](C)NC(=O)[C@@H]2CCCN2S(=O)(=O)c2ccc(Cl)cc2)cc1C. The molecule has 0 radical (unpaired) electrons. The molecular weight excluding hydrogens is 396 g/mol. The van der Waals surface area contributed by atoms with Crippen molar-refractivity contribution in [2.75, 3.05) is 6.54 Å². The third-order valence-electron chi connectivity index (χ3n) is 5.32. The van der Waals surface area contributed by atoms with E-state index in [1.54, 1.807) is 12.1 Å². The fourth-order valence-corrected chi connectivity index (χ4v) is 5.24. The molecule has 1 fully saturated rings. The summed E-state index contributed by atoms with van der Waals surface area (Å²) < 4.78 is 27.3. The number of nitrogens with zero attached hydrogens (tertiary/aromatic N) is 1. The predicted molar refractivity (Wildman–Crippen MR) is 111 cm³/mol. The lowest BCUT2D eigenvalue weighted by molar-refractivity contribution is -0.124. The molecule has 28 heavy (non-hydrogen) atoms. The molecule has 7 heteroatoms. The molecule has 2 aromatic rings. The van der Waals surface area contributed by atoms with Crippen molar-refractivity contribution in [2.45, 2.75) is 50.6 Å². The molecule has 0 saturated carbocycles. The topological polar surface area (TPSA) is 66.5 Å². The molecule has 1 amide bonds. The van der Waals surface area contributed by atoms with E-state index in [4.69, 9.17) is 11.6 Å². The first-order chi connectivity index (χ1) is 13.2. The van der Waals surface area contributed by atoms with Gasteiger partial charge in [0.05, 0.1) is 10.9 Å². The molecule has 0 aromatic heterocycles. The first kappa shape index (κ1) is 20.8. The predicted octanol–water partition coefficient (Wildman–Crippen LogP) is 3.99. The highest BCUT2D eigenvalue weighted by Gasteiger charge is 2.39. The largest absolute Gasteiger partial charge is 0.348 e. The molecule has 1 aliphatic rings. The number of rotatable bonds is 5. The third kappa shape index (κ3) is 4.24. The van der Waals surface area contributed by atoms with Crippen molar-refractivity contribution in [3.63, 3.8) is 0 Å². The summed E-state index contributed by atoms with van der Waals surface area (Å²) in [5.74, 6) is -0.263. The van der Waals surface area contributed by atoms with Crippen LogP contribution in [0, 0.1) is 13.8 Å². The third-order valence-corrected chi connectivity index (χ3v) is 7.49. The molecule has 0 aliphatic carbocycles. The van der Waals surface area contributed by atoms with Crippen LogP contribution in [0.25, 0.3) is 0 Å². The number of hydrogen-bond acceptors (Lipinski definition) is 3. The van der Waals surface area contributed by atoms with E-state index in [2.05, 4.69) is 11.4 Å². The average Bonchev–Trinajstić information content (AvgIpc) is 3.15. The number of nitrogens with one attached hydrogen (secondary N) is 1. The number of aryl methyl sites for hydroxylation is 2. The zero-order valence-corrected chi connectivity index (χ0v) is 17.8. The summed E-state index contributed by atoms with van der Waals surface area (Å²) in [4.78, 5) is 13.0. The van der Waals surface area contributed by atoms with Crippen molar-refractivity contribution in [3.8, 4) is 0 Å². The average molecular weight is 421 g/mol. The minimum absolute atomic E-state index is 0.152. The van der Waals surface area contributed by atoms with Crippen molar-refractivity contribution in [2.24, 2.45) is 0 Å². The van der Waals surface area contributed by atoms with Crippen molar-refractivity contribution in [3.05, 3.63) is 64.2 Å². The molecular formula is C21H25ClN2O3S. The Morgan fingerprint density at radius 1 is 1.14 bits per heavy atom. The van der Waals surface area contributed by atoms with E-state index >= 15 is 0 Å². The highest BCUT2D eigenvalue weighted by molar-refractivity contribution is 7.89. The summed E-state index contributed by atoms with van der Waals surface area (Å²) in [6, 6.07) is 11.2. The molecule has 150 valence electrons. The van der Waals surface area contributed by atoms with Crippen LogP contribution >= 0.6 is 11.6 Å². The first-order valence-corrected chi connectivity index (χ1v) is 11.2. The van der Waals surface area contributed by atoms with Gasteiger partial charge in [-0.25, -0.2) is 8.42 Å². The zero-order chi connectivity index (χ0) is 20.5. The Morgan fingerprint density at radius 2 is 1.82 bits per heavy atom. The van der Waals surface area contributed by atoms with Crippen LogP contribution in [0.15, 0.2) is 47.4 Å². The van der Waals surface area contributed by atoms with Gasteiger partial charge in [-0.15, -0.1) is 0 Å². The van der Waals surface area contributed by atoms with Gasteiger partial charge >= 0.3 is 0 Å². The van der Waals surface area contributed by atoms with E-state index in [-0.39, 0.29) is 16.8 Å². The summed E-state index contributed by atoms with van der Waals surface area (Å²) in [5, 5.41) is 3.45. The Bertz CT molecular complexity index is 974. The smallest absolute Gasteiger partial charge is 0.243 e. The van der Waals surface area contributed by atoms with Gasteiger partial charge in [0.2, 0.25) is 15.9 Å². The number of carbonyl (C=O) groups is 1. The first-order valence-electron chi connectivity index (χ1n) is 9.35. The van der Waals surface area contributed by atoms with Gasteiger partial charge in [-0.1, -0.05) is 29.8 Å². The van der Waals surface area contributed by atoms with Crippen molar-refractivity contribution in [1.82, 2.24) is 9.62 Å². The Morgan fingerprint density at radius 3 is 2.46 bits per heavy atom. The molecule has 1 N–H and O–H groups in total. The van der Waals surface area contributed by atoms with Crippen LogP contribution in [0.5, 0.6) is 0 Å². The van der Waals surface area contributed by atoms with Gasteiger partial charge in [0.15, 0.2) is 0 Å². The quantitative estimate of drug-likeness (QED) is 0.795. The van der Waals surface area contributed by atoms with E-state index in [1.165, 1.54) is 22.0 Å². The van der Waals surface area contributed by atoms with Gasteiger partial charge in [0.25, 0.3) is 0 Å². The van der Waals surface area contributed by atoms with E-state index in [9.17, 15) is 13.2 Å². The maximum atomic E-state index is 13.0. The Hall–Kier alpha value is -1.89. The summed E-state index contributed by atoms with van der Waals surface area (Å²) in [7, 11) is -3.75. The second-order valence-corrected chi connectivity index (χ2v) is 9.63. The van der Waals surface area contributed by atoms with Gasteiger partial charge in [0, 0.05) is 11.6 Å². The summed E-state index contributed by atoms with van der Waals surface area (Å²) in [5.41, 5.74) is 3.35. The Kier molecular flexibility index (Phi) is 6.12. The van der Waals surface area contributed by atoms with Crippen LogP contribution in [0.1, 0.15) is 42.5 Å². The fraction of sp³-hybridized carbons (Fsp3) is 0.381. The van der Waals surface area contributed by atoms with E-state index in [1.807, 2.05) is 32.9 Å². The normalized spacial score (nSPS) is 18.8. The van der Waals surface area contributed by atoms with Crippen LogP contribution in [0.4, 0.5) is 0 Å². The van der Waals surface area contributed by atoms with Crippen molar-refractivity contribution < 1.29 is 13.2 Å². The monoisotopic (exact) mass is 420 g/mol. The minimum Gasteiger partial charge on any atom is -0.348 e. The lowest BCUT2D eigenvalue weighted by Gasteiger charge is -2.25.